The van der Waals surface area contributed by atoms with Gasteiger partial charge in [0.15, 0.2) is 0 Å². The van der Waals surface area contributed by atoms with Crippen LogP contribution in [0.3, 0.4) is 0 Å². The number of nitrogens with zero attached hydrogens (tertiary/aromatic N) is 3. The van der Waals surface area contributed by atoms with Gasteiger partial charge in [-0.15, -0.1) is 0 Å². The fraction of sp³-hybridized carbons (Fsp3) is 0.733. The van der Waals surface area contributed by atoms with Crippen molar-refractivity contribution in [3.8, 4) is 0 Å². The highest BCUT2D eigenvalue weighted by Crippen LogP contribution is 2.15. The summed E-state index contributed by atoms with van der Waals surface area (Å²) in [5.74, 6) is 0.00235. The van der Waals surface area contributed by atoms with E-state index in [1.54, 1.807) is 4.68 Å². The van der Waals surface area contributed by atoms with Gasteiger partial charge in [-0.2, -0.15) is 5.10 Å². The average molecular weight is 294 g/mol. The van der Waals surface area contributed by atoms with E-state index in [1.807, 2.05) is 19.9 Å². The van der Waals surface area contributed by atoms with Gasteiger partial charge >= 0.3 is 0 Å². The van der Waals surface area contributed by atoms with Crippen molar-refractivity contribution in [2.45, 2.75) is 39.8 Å². The summed E-state index contributed by atoms with van der Waals surface area (Å²) in [6.07, 6.45) is 0. The summed E-state index contributed by atoms with van der Waals surface area (Å²) in [5, 5.41) is 7.34. The fourth-order valence-electron chi connectivity index (χ4n) is 2.62. The van der Waals surface area contributed by atoms with Crippen LogP contribution in [0.5, 0.6) is 0 Å². The van der Waals surface area contributed by atoms with Crippen molar-refractivity contribution in [2.75, 3.05) is 32.8 Å². The maximum absolute atomic E-state index is 12.1. The van der Waals surface area contributed by atoms with Crippen LogP contribution in [0.25, 0.3) is 0 Å². The number of carbonyl (C=O) groups is 1. The Morgan fingerprint density at radius 1 is 1.38 bits per heavy atom. The molecule has 1 saturated heterocycles. The van der Waals surface area contributed by atoms with Crippen LogP contribution in [-0.4, -0.2) is 59.0 Å². The van der Waals surface area contributed by atoms with Gasteiger partial charge in [0.2, 0.25) is 5.91 Å². The van der Waals surface area contributed by atoms with E-state index < -0.39 is 0 Å². The molecule has 6 heteroatoms. The first-order valence-electron chi connectivity index (χ1n) is 7.49. The number of hydrogen-bond acceptors (Lipinski definition) is 4. The van der Waals surface area contributed by atoms with Crippen molar-refractivity contribution in [3.63, 3.8) is 0 Å². The quantitative estimate of drug-likeness (QED) is 0.869. The Kier molecular flexibility index (Phi) is 5.00. The van der Waals surface area contributed by atoms with Gasteiger partial charge < -0.3 is 10.1 Å². The number of aryl methyl sites for hydroxylation is 2. The first kappa shape index (κ1) is 16.0. The van der Waals surface area contributed by atoms with Crippen LogP contribution in [-0.2, 0) is 16.1 Å². The SMILES string of the molecule is Cc1cc(C)n(CC(=O)NCC(C)(C)N2CCOCC2)n1. The third-order valence-corrected chi connectivity index (χ3v) is 3.98. The lowest BCUT2D eigenvalue weighted by atomic mass is 10.0. The van der Waals surface area contributed by atoms with Gasteiger partial charge in [-0.1, -0.05) is 0 Å². The number of aromatic nitrogens is 2. The molecule has 6 nitrogen and oxygen atoms in total. The molecular formula is C15H26N4O2. The van der Waals surface area contributed by atoms with Gasteiger partial charge in [0.1, 0.15) is 6.54 Å². The molecule has 1 aromatic heterocycles. The van der Waals surface area contributed by atoms with Crippen LogP contribution in [0.4, 0.5) is 0 Å². The number of ether oxygens (including phenoxy) is 1. The van der Waals surface area contributed by atoms with E-state index in [9.17, 15) is 4.79 Å². The van der Waals surface area contributed by atoms with Crippen LogP contribution in [0.2, 0.25) is 0 Å². The number of hydrogen-bond donors (Lipinski definition) is 1. The summed E-state index contributed by atoms with van der Waals surface area (Å²) in [6.45, 7) is 12.5. The van der Waals surface area contributed by atoms with E-state index in [4.69, 9.17) is 4.74 Å². The summed E-state index contributed by atoms with van der Waals surface area (Å²) >= 11 is 0. The molecule has 1 amide bonds. The molecule has 0 saturated carbocycles. The summed E-state index contributed by atoms with van der Waals surface area (Å²) in [7, 11) is 0. The number of nitrogens with one attached hydrogen (secondary N) is 1. The second kappa shape index (κ2) is 6.58. The molecule has 21 heavy (non-hydrogen) atoms. The van der Waals surface area contributed by atoms with Gasteiger partial charge in [-0.05, 0) is 33.8 Å². The minimum absolute atomic E-state index is 0.00235. The minimum Gasteiger partial charge on any atom is -0.379 e. The van der Waals surface area contributed by atoms with Crippen LogP contribution in [0.1, 0.15) is 25.2 Å². The maximum Gasteiger partial charge on any atom is 0.241 e. The molecule has 0 aliphatic carbocycles. The van der Waals surface area contributed by atoms with Gasteiger partial charge in [-0.25, -0.2) is 0 Å². The van der Waals surface area contributed by atoms with Gasteiger partial charge in [0, 0.05) is 30.9 Å². The second-order valence-electron chi connectivity index (χ2n) is 6.27. The Morgan fingerprint density at radius 3 is 2.62 bits per heavy atom. The standard InChI is InChI=1S/C15H26N4O2/c1-12-9-13(2)19(17-12)10-14(20)16-11-15(3,4)18-5-7-21-8-6-18/h9H,5-8,10-11H2,1-4H3,(H,16,20). The van der Waals surface area contributed by atoms with E-state index in [1.165, 1.54) is 0 Å². The number of carbonyl (C=O) groups excluding carboxylic acids is 1. The Labute approximate surface area is 126 Å². The molecule has 0 bridgehead atoms. The normalized spacial score (nSPS) is 17.0. The van der Waals surface area contributed by atoms with Crippen molar-refractivity contribution < 1.29 is 9.53 Å². The Balaban J connectivity index is 1.84. The fourth-order valence-corrected chi connectivity index (χ4v) is 2.62. The molecule has 1 N–H and O–H groups in total. The van der Waals surface area contributed by atoms with Gasteiger partial charge in [-0.3, -0.25) is 14.4 Å². The van der Waals surface area contributed by atoms with Gasteiger partial charge in [0.05, 0.1) is 18.9 Å². The third kappa shape index (κ3) is 4.28. The van der Waals surface area contributed by atoms with Crippen LogP contribution in [0, 0.1) is 13.8 Å². The van der Waals surface area contributed by atoms with Gasteiger partial charge in [0.25, 0.3) is 0 Å². The highest BCUT2D eigenvalue weighted by molar-refractivity contribution is 5.75. The molecule has 118 valence electrons. The zero-order valence-corrected chi connectivity index (χ0v) is 13.5. The molecule has 1 fully saturated rings. The Hall–Kier alpha value is -1.40. The van der Waals surface area contributed by atoms with Crippen LogP contribution < -0.4 is 5.32 Å². The predicted molar refractivity (Wildman–Crippen MR) is 81.2 cm³/mol. The molecule has 2 rings (SSSR count). The Morgan fingerprint density at radius 2 is 2.05 bits per heavy atom. The summed E-state index contributed by atoms with van der Waals surface area (Å²) in [6, 6.07) is 1.98. The van der Waals surface area contributed by atoms with E-state index in [-0.39, 0.29) is 18.0 Å². The lowest BCUT2D eigenvalue weighted by molar-refractivity contribution is -0.122. The monoisotopic (exact) mass is 294 g/mol. The number of amides is 1. The minimum atomic E-state index is -0.0610. The third-order valence-electron chi connectivity index (χ3n) is 3.98. The van der Waals surface area contributed by atoms with E-state index in [2.05, 4.69) is 29.2 Å². The zero-order valence-electron chi connectivity index (χ0n) is 13.5. The molecule has 0 radical (unpaired) electrons. The van der Waals surface area contributed by atoms with Crippen molar-refractivity contribution in [1.82, 2.24) is 20.0 Å². The van der Waals surface area contributed by atoms with E-state index in [0.29, 0.717) is 6.54 Å². The predicted octanol–water partition coefficient (Wildman–Crippen LogP) is 0.727. The number of rotatable bonds is 5. The lowest BCUT2D eigenvalue weighted by Crippen LogP contribution is -2.55. The zero-order chi connectivity index (χ0) is 15.5. The number of morpholine rings is 1. The van der Waals surface area contributed by atoms with Crippen molar-refractivity contribution >= 4 is 5.91 Å². The van der Waals surface area contributed by atoms with Crippen LogP contribution in [0.15, 0.2) is 6.07 Å². The molecular weight excluding hydrogens is 268 g/mol. The average Bonchev–Trinajstić information content (AvgIpc) is 2.76. The van der Waals surface area contributed by atoms with Crippen molar-refractivity contribution in [2.24, 2.45) is 0 Å². The van der Waals surface area contributed by atoms with Crippen LogP contribution >= 0.6 is 0 Å². The van der Waals surface area contributed by atoms with Crippen molar-refractivity contribution in [1.29, 1.82) is 0 Å². The largest absolute Gasteiger partial charge is 0.379 e. The molecule has 1 aromatic rings. The molecule has 2 heterocycles. The summed E-state index contributed by atoms with van der Waals surface area (Å²) < 4.78 is 7.12. The van der Waals surface area contributed by atoms with E-state index >= 15 is 0 Å². The van der Waals surface area contributed by atoms with Crippen molar-refractivity contribution in [3.05, 3.63) is 17.5 Å². The smallest absolute Gasteiger partial charge is 0.241 e. The Bertz CT molecular complexity index is 490. The molecule has 0 spiro atoms. The summed E-state index contributed by atoms with van der Waals surface area (Å²) in [5.41, 5.74) is 1.89. The first-order chi connectivity index (χ1) is 9.88. The molecule has 0 atom stereocenters. The lowest BCUT2D eigenvalue weighted by Gasteiger charge is -2.40. The van der Waals surface area contributed by atoms with E-state index in [0.717, 1.165) is 37.7 Å². The maximum atomic E-state index is 12.1. The molecule has 1 aliphatic rings. The summed E-state index contributed by atoms with van der Waals surface area (Å²) in [4.78, 5) is 14.4. The second-order valence-corrected chi connectivity index (χ2v) is 6.27. The highest BCUT2D eigenvalue weighted by atomic mass is 16.5. The first-order valence-corrected chi connectivity index (χ1v) is 7.49. The molecule has 0 aromatic carbocycles. The molecule has 1 aliphatic heterocycles. The topological polar surface area (TPSA) is 59.4 Å². The molecule has 0 unspecified atom stereocenters. The highest BCUT2D eigenvalue weighted by Gasteiger charge is 2.28.